The number of methoxy groups -OCH3 is 1. The predicted molar refractivity (Wildman–Crippen MR) is 200 cm³/mol. The lowest BCUT2D eigenvalue weighted by molar-refractivity contribution is -0.385. The fraction of sp³-hybridized carbons (Fsp3) is 0.462. The molecule has 55 heavy (non-hydrogen) atoms. The van der Waals surface area contributed by atoms with Crippen molar-refractivity contribution in [1.29, 1.82) is 0 Å². The van der Waals surface area contributed by atoms with Gasteiger partial charge in [0.1, 0.15) is 6.61 Å². The Labute approximate surface area is 319 Å². The number of nitrogens with one attached hydrogen (secondary N) is 2. The van der Waals surface area contributed by atoms with Gasteiger partial charge in [-0.15, -0.1) is 0 Å². The highest BCUT2D eigenvalue weighted by Crippen LogP contribution is 2.44. The zero-order valence-corrected chi connectivity index (χ0v) is 31.1. The average Bonchev–Trinajstić information content (AvgIpc) is 3.50. The van der Waals surface area contributed by atoms with Crippen LogP contribution in [-0.4, -0.2) is 108 Å². The quantitative estimate of drug-likeness (QED) is 0.0559. The molecule has 1 aliphatic rings. The van der Waals surface area contributed by atoms with Gasteiger partial charge in [-0.05, 0) is 41.7 Å². The number of carboxylic acids is 1. The van der Waals surface area contributed by atoms with E-state index in [1.807, 2.05) is 48.5 Å². The van der Waals surface area contributed by atoms with Gasteiger partial charge in [0.2, 0.25) is 5.91 Å². The second-order valence-corrected chi connectivity index (χ2v) is 12.4. The summed E-state index contributed by atoms with van der Waals surface area (Å²) >= 11 is 0. The van der Waals surface area contributed by atoms with Crippen LogP contribution in [0.4, 0.5) is 10.5 Å². The van der Waals surface area contributed by atoms with Crippen molar-refractivity contribution in [3.05, 3.63) is 87.5 Å². The predicted octanol–water partition coefficient (Wildman–Crippen LogP) is 5.02. The number of nitrogens with zero attached hydrogens (tertiary/aromatic N) is 1. The van der Waals surface area contributed by atoms with Crippen molar-refractivity contribution in [3.63, 3.8) is 0 Å². The first kappa shape index (κ1) is 42.5. The highest BCUT2D eigenvalue weighted by atomic mass is 16.6. The van der Waals surface area contributed by atoms with Gasteiger partial charge in [0.05, 0.1) is 95.6 Å². The van der Waals surface area contributed by atoms with Gasteiger partial charge in [-0.3, -0.25) is 19.7 Å². The smallest absolute Gasteiger partial charge is 0.407 e. The minimum absolute atomic E-state index is 0.0406. The molecule has 1 unspecified atom stereocenters. The van der Waals surface area contributed by atoms with Gasteiger partial charge in [-0.2, -0.15) is 0 Å². The highest BCUT2D eigenvalue weighted by molar-refractivity contribution is 5.79. The summed E-state index contributed by atoms with van der Waals surface area (Å²) in [6, 6.07) is 17.9. The van der Waals surface area contributed by atoms with Crippen molar-refractivity contribution >= 4 is 23.7 Å². The number of fused-ring (bicyclic) bond motifs is 3. The molecule has 0 saturated heterocycles. The number of carboxylic acid groups (broad SMARTS) is 1. The molecule has 0 saturated carbocycles. The number of hydrogen-bond donors (Lipinski definition) is 3. The van der Waals surface area contributed by atoms with Gasteiger partial charge in [-0.1, -0.05) is 48.5 Å². The Kier molecular flexibility index (Phi) is 17.6. The van der Waals surface area contributed by atoms with Gasteiger partial charge >= 0.3 is 12.1 Å². The second-order valence-electron chi connectivity index (χ2n) is 12.4. The molecule has 0 spiro atoms. The van der Waals surface area contributed by atoms with Crippen LogP contribution in [0.1, 0.15) is 54.8 Å². The normalized spacial score (nSPS) is 12.3. The van der Waals surface area contributed by atoms with Crippen LogP contribution in [-0.2, 0) is 33.3 Å². The first-order chi connectivity index (χ1) is 26.7. The number of nitro groups is 1. The van der Waals surface area contributed by atoms with E-state index in [2.05, 4.69) is 10.6 Å². The number of aliphatic carboxylic acids is 1. The molecule has 16 nitrogen and oxygen atoms in total. The third-order valence-electron chi connectivity index (χ3n) is 8.60. The topological polar surface area (TPSA) is 203 Å². The van der Waals surface area contributed by atoms with Gasteiger partial charge in [0, 0.05) is 18.9 Å². The monoisotopic (exact) mass is 767 g/mol. The number of benzene rings is 3. The summed E-state index contributed by atoms with van der Waals surface area (Å²) in [6.07, 6.45) is -0.246. The van der Waals surface area contributed by atoms with E-state index in [1.54, 1.807) is 6.92 Å². The van der Waals surface area contributed by atoms with E-state index in [0.717, 1.165) is 22.3 Å². The minimum atomic E-state index is -0.906. The van der Waals surface area contributed by atoms with Crippen molar-refractivity contribution in [2.75, 3.05) is 79.7 Å². The molecule has 16 heteroatoms. The molecule has 298 valence electrons. The fourth-order valence-electron chi connectivity index (χ4n) is 5.92. The minimum Gasteiger partial charge on any atom is -0.493 e. The Balaban J connectivity index is 1.12. The van der Waals surface area contributed by atoms with Crippen LogP contribution in [0.5, 0.6) is 11.5 Å². The first-order valence-electron chi connectivity index (χ1n) is 18.1. The number of alkyl carbamates (subject to hydrolysis) is 1. The first-order valence-corrected chi connectivity index (χ1v) is 18.1. The standard InChI is InChI=1S/C39H49N3O13/c1-27(41-39(46)55-26-33-30-10-5-3-8-28(30)29-9-4-6-11-31(29)33)32-24-35(49-2)36(25-34(32)42(47)48)54-15-7-12-37(43)40-14-17-51-19-21-53-23-22-52-20-18-50-16-13-38(44)45/h3-6,8-11,24-25,27,33H,7,12-23,26H2,1-2H3,(H,40,43)(H,41,46)(H,44,45). The SMILES string of the molecule is COc1cc(C(C)NC(=O)OCC2c3ccccc3-c3ccccc32)c([N+](=O)[O-])cc1OCCCC(=O)NCCOCCOCCOCCOCCC(=O)O. The average molecular weight is 768 g/mol. The molecule has 0 fully saturated rings. The molecule has 3 aromatic rings. The Morgan fingerprint density at radius 2 is 1.38 bits per heavy atom. The van der Waals surface area contributed by atoms with Crippen LogP contribution < -0.4 is 20.1 Å². The Bertz CT molecular complexity index is 1670. The number of ether oxygens (including phenoxy) is 7. The fourth-order valence-corrected chi connectivity index (χ4v) is 5.92. The number of hydrogen-bond acceptors (Lipinski definition) is 12. The van der Waals surface area contributed by atoms with E-state index in [4.69, 9.17) is 38.3 Å². The third-order valence-corrected chi connectivity index (χ3v) is 8.60. The number of carbonyl (C=O) groups excluding carboxylic acids is 2. The lowest BCUT2D eigenvalue weighted by Crippen LogP contribution is -2.29. The van der Waals surface area contributed by atoms with Crippen molar-refractivity contribution < 1.29 is 57.6 Å². The lowest BCUT2D eigenvalue weighted by Gasteiger charge is -2.19. The van der Waals surface area contributed by atoms with Crippen LogP contribution in [0.3, 0.4) is 0 Å². The van der Waals surface area contributed by atoms with E-state index in [9.17, 15) is 24.5 Å². The number of amides is 2. The molecule has 0 radical (unpaired) electrons. The molecule has 1 aliphatic carbocycles. The van der Waals surface area contributed by atoms with Gasteiger partial charge in [-0.25, -0.2) is 4.79 Å². The van der Waals surface area contributed by atoms with Gasteiger partial charge in [0.15, 0.2) is 11.5 Å². The van der Waals surface area contributed by atoms with Crippen LogP contribution in [0.25, 0.3) is 11.1 Å². The summed E-state index contributed by atoms with van der Waals surface area (Å²) < 4.78 is 38.1. The third kappa shape index (κ3) is 13.5. The Morgan fingerprint density at radius 3 is 1.96 bits per heavy atom. The highest BCUT2D eigenvalue weighted by Gasteiger charge is 2.30. The van der Waals surface area contributed by atoms with E-state index in [0.29, 0.717) is 59.2 Å². The van der Waals surface area contributed by atoms with Gasteiger partial charge in [0.25, 0.3) is 5.69 Å². The largest absolute Gasteiger partial charge is 0.493 e. The van der Waals surface area contributed by atoms with Crippen molar-refractivity contribution in [3.8, 4) is 22.6 Å². The number of carbonyl (C=O) groups is 3. The Morgan fingerprint density at radius 1 is 0.800 bits per heavy atom. The maximum Gasteiger partial charge on any atom is 0.407 e. The van der Waals surface area contributed by atoms with Crippen molar-refractivity contribution in [2.45, 2.75) is 38.1 Å². The molecule has 0 heterocycles. The van der Waals surface area contributed by atoms with E-state index in [1.165, 1.54) is 19.2 Å². The molecule has 0 aliphatic heterocycles. The summed E-state index contributed by atoms with van der Waals surface area (Å²) in [6.45, 7) is 4.71. The number of nitro benzene ring substituents is 1. The molecule has 0 aromatic heterocycles. The zero-order valence-electron chi connectivity index (χ0n) is 31.1. The summed E-state index contributed by atoms with van der Waals surface area (Å²) in [5.74, 6) is -0.868. The maximum atomic E-state index is 12.9. The molecule has 1 atom stereocenters. The molecule has 3 aromatic carbocycles. The van der Waals surface area contributed by atoms with Crippen LogP contribution >= 0.6 is 0 Å². The summed E-state index contributed by atoms with van der Waals surface area (Å²) in [5, 5.41) is 26.1. The molecule has 2 amide bonds. The van der Waals surface area contributed by atoms with Crippen molar-refractivity contribution in [1.82, 2.24) is 10.6 Å². The zero-order chi connectivity index (χ0) is 39.4. The number of rotatable bonds is 26. The second kappa shape index (κ2) is 22.8. The van der Waals surface area contributed by atoms with Crippen LogP contribution in [0.15, 0.2) is 60.7 Å². The molecular weight excluding hydrogens is 718 g/mol. The lowest BCUT2D eigenvalue weighted by atomic mass is 9.98. The van der Waals surface area contributed by atoms with E-state index in [-0.39, 0.29) is 67.2 Å². The molecule has 3 N–H and O–H groups in total. The van der Waals surface area contributed by atoms with Crippen molar-refractivity contribution in [2.24, 2.45) is 0 Å². The van der Waals surface area contributed by atoms with E-state index >= 15 is 0 Å². The van der Waals surface area contributed by atoms with Gasteiger partial charge < -0.3 is 48.9 Å². The summed E-state index contributed by atoms with van der Waals surface area (Å²) in [7, 11) is 1.41. The summed E-state index contributed by atoms with van der Waals surface area (Å²) in [4.78, 5) is 47.1. The maximum absolute atomic E-state index is 12.9. The molecule has 4 rings (SSSR count). The molecule has 0 bridgehead atoms. The summed E-state index contributed by atoms with van der Waals surface area (Å²) in [5.41, 5.74) is 4.29. The molecular formula is C39H49N3O13. The van der Waals surface area contributed by atoms with E-state index < -0.39 is 23.0 Å². The van der Waals surface area contributed by atoms with Crippen LogP contribution in [0, 0.1) is 10.1 Å². The van der Waals surface area contributed by atoms with Crippen LogP contribution in [0.2, 0.25) is 0 Å². The Hall–Kier alpha value is -5.29.